The van der Waals surface area contributed by atoms with Gasteiger partial charge >= 0.3 is 0 Å². The number of hydrogen-bond acceptors (Lipinski definition) is 2. The summed E-state index contributed by atoms with van der Waals surface area (Å²) in [5, 5.41) is 0. The minimum absolute atomic E-state index is 0.0743. The lowest BCUT2D eigenvalue weighted by Gasteiger charge is -2.29. The highest BCUT2D eigenvalue weighted by Crippen LogP contribution is 2.18. The van der Waals surface area contributed by atoms with E-state index in [0.717, 1.165) is 20.1 Å². The zero-order valence-corrected chi connectivity index (χ0v) is 22.9. The van der Waals surface area contributed by atoms with Crippen LogP contribution in [0.5, 0.6) is 0 Å². The van der Waals surface area contributed by atoms with Crippen LogP contribution in [-0.4, -0.2) is 34.7 Å². The van der Waals surface area contributed by atoms with Gasteiger partial charge in [0, 0.05) is 46.3 Å². The van der Waals surface area contributed by atoms with Gasteiger partial charge in [-0.1, -0.05) is 105 Å². The molecule has 0 atom stereocenters. The van der Waals surface area contributed by atoms with Gasteiger partial charge < -0.3 is 9.80 Å². The Kier molecular flexibility index (Phi) is 9.09. The summed E-state index contributed by atoms with van der Waals surface area (Å²) in [6, 6.07) is 34.6. The molecular formula is C30H26Br2N2O2. The second-order valence-corrected chi connectivity index (χ2v) is 10.3. The van der Waals surface area contributed by atoms with Crippen molar-refractivity contribution in [1.29, 1.82) is 0 Å². The van der Waals surface area contributed by atoms with E-state index in [0.29, 0.717) is 37.3 Å². The fourth-order valence-electron chi connectivity index (χ4n) is 3.96. The molecule has 0 aliphatic heterocycles. The van der Waals surface area contributed by atoms with E-state index in [-0.39, 0.29) is 11.8 Å². The summed E-state index contributed by atoms with van der Waals surface area (Å²) in [7, 11) is 0. The molecule has 4 nitrogen and oxygen atoms in total. The molecule has 182 valence electrons. The monoisotopic (exact) mass is 604 g/mol. The SMILES string of the molecule is O=C(c1cccc(Br)c1)N(CCN(Cc1ccccc1)C(=O)c1cccc(Br)c1)Cc1ccccc1. The molecule has 2 amide bonds. The molecule has 4 aromatic carbocycles. The van der Waals surface area contributed by atoms with Crippen molar-refractivity contribution in [3.05, 3.63) is 140 Å². The molecule has 4 rings (SSSR count). The second kappa shape index (κ2) is 12.7. The van der Waals surface area contributed by atoms with Gasteiger partial charge in [-0.05, 0) is 47.5 Å². The number of carbonyl (C=O) groups is 2. The molecule has 0 radical (unpaired) electrons. The Morgan fingerprint density at radius 3 is 1.28 bits per heavy atom. The van der Waals surface area contributed by atoms with Crippen molar-refractivity contribution in [2.45, 2.75) is 13.1 Å². The largest absolute Gasteiger partial charge is 0.333 e. The van der Waals surface area contributed by atoms with Crippen LogP contribution in [0.25, 0.3) is 0 Å². The second-order valence-electron chi connectivity index (χ2n) is 8.45. The molecule has 0 spiro atoms. The molecule has 6 heteroatoms. The summed E-state index contributed by atoms with van der Waals surface area (Å²) in [6.07, 6.45) is 0. The first-order valence-electron chi connectivity index (χ1n) is 11.7. The van der Waals surface area contributed by atoms with Gasteiger partial charge in [0.15, 0.2) is 0 Å². The van der Waals surface area contributed by atoms with E-state index in [9.17, 15) is 9.59 Å². The lowest BCUT2D eigenvalue weighted by atomic mass is 10.1. The van der Waals surface area contributed by atoms with Crippen LogP contribution in [0.3, 0.4) is 0 Å². The first kappa shape index (κ1) is 25.9. The van der Waals surface area contributed by atoms with Crippen molar-refractivity contribution in [2.24, 2.45) is 0 Å². The van der Waals surface area contributed by atoms with Crippen molar-refractivity contribution >= 4 is 43.7 Å². The van der Waals surface area contributed by atoms with Crippen LogP contribution < -0.4 is 0 Å². The lowest BCUT2D eigenvalue weighted by molar-refractivity contribution is 0.0644. The van der Waals surface area contributed by atoms with Crippen LogP contribution in [0.4, 0.5) is 0 Å². The van der Waals surface area contributed by atoms with Gasteiger partial charge in [-0.2, -0.15) is 0 Å². The van der Waals surface area contributed by atoms with Gasteiger partial charge in [-0.3, -0.25) is 9.59 Å². The summed E-state index contributed by atoms with van der Waals surface area (Å²) in [6.45, 7) is 1.70. The Labute approximate surface area is 228 Å². The number of nitrogens with zero attached hydrogens (tertiary/aromatic N) is 2. The molecular weight excluding hydrogens is 580 g/mol. The Morgan fingerprint density at radius 2 is 0.917 bits per heavy atom. The fraction of sp³-hybridized carbons (Fsp3) is 0.133. The van der Waals surface area contributed by atoms with Gasteiger partial charge in [0.05, 0.1) is 0 Å². The predicted molar refractivity (Wildman–Crippen MR) is 151 cm³/mol. The molecule has 0 unspecified atom stereocenters. The highest BCUT2D eigenvalue weighted by atomic mass is 79.9. The summed E-state index contributed by atoms with van der Waals surface area (Å²) in [5.41, 5.74) is 3.28. The predicted octanol–water partition coefficient (Wildman–Crippen LogP) is 7.20. The first-order valence-corrected chi connectivity index (χ1v) is 13.3. The number of amides is 2. The third-order valence-electron chi connectivity index (χ3n) is 5.79. The molecule has 0 aromatic heterocycles. The lowest BCUT2D eigenvalue weighted by Crippen LogP contribution is -2.40. The molecule has 36 heavy (non-hydrogen) atoms. The van der Waals surface area contributed by atoms with E-state index in [1.54, 1.807) is 0 Å². The van der Waals surface area contributed by atoms with Crippen LogP contribution >= 0.6 is 31.9 Å². The van der Waals surface area contributed by atoms with E-state index >= 15 is 0 Å². The fourth-order valence-corrected chi connectivity index (χ4v) is 4.76. The van der Waals surface area contributed by atoms with Gasteiger partial charge in [0.2, 0.25) is 0 Å². The van der Waals surface area contributed by atoms with Crippen molar-refractivity contribution in [2.75, 3.05) is 13.1 Å². The third kappa shape index (κ3) is 7.15. The van der Waals surface area contributed by atoms with E-state index < -0.39 is 0 Å². The summed E-state index contributed by atoms with van der Waals surface area (Å²) < 4.78 is 1.70. The van der Waals surface area contributed by atoms with Gasteiger partial charge in [-0.15, -0.1) is 0 Å². The average molecular weight is 606 g/mol. The molecule has 0 bridgehead atoms. The average Bonchev–Trinajstić information content (AvgIpc) is 2.90. The van der Waals surface area contributed by atoms with E-state index in [4.69, 9.17) is 0 Å². The Balaban J connectivity index is 1.59. The van der Waals surface area contributed by atoms with Gasteiger partial charge in [0.1, 0.15) is 0 Å². The smallest absolute Gasteiger partial charge is 0.254 e. The summed E-state index contributed by atoms with van der Waals surface area (Å²) in [4.78, 5) is 30.7. The van der Waals surface area contributed by atoms with Crippen LogP contribution in [0, 0.1) is 0 Å². The molecule has 4 aromatic rings. The highest BCUT2D eigenvalue weighted by molar-refractivity contribution is 9.10. The zero-order chi connectivity index (χ0) is 25.3. The zero-order valence-electron chi connectivity index (χ0n) is 19.7. The summed E-state index contributed by atoms with van der Waals surface area (Å²) in [5.74, 6) is -0.149. The molecule has 0 aliphatic carbocycles. The van der Waals surface area contributed by atoms with Crippen molar-refractivity contribution < 1.29 is 9.59 Å². The molecule has 0 saturated carbocycles. The maximum absolute atomic E-state index is 13.6. The number of halogens is 2. The number of rotatable bonds is 9. The highest BCUT2D eigenvalue weighted by Gasteiger charge is 2.21. The molecule has 0 saturated heterocycles. The molecule has 0 N–H and O–H groups in total. The van der Waals surface area contributed by atoms with Crippen molar-refractivity contribution in [1.82, 2.24) is 9.80 Å². The van der Waals surface area contributed by atoms with Crippen LogP contribution in [0.2, 0.25) is 0 Å². The maximum Gasteiger partial charge on any atom is 0.254 e. The standard InChI is InChI=1S/C30H26Br2N2O2/c31-27-15-7-13-25(19-27)29(35)33(21-23-9-3-1-4-10-23)17-18-34(22-24-11-5-2-6-12-24)30(36)26-14-8-16-28(32)20-26/h1-16,19-20H,17-18,21-22H2. The van der Waals surface area contributed by atoms with Gasteiger partial charge in [-0.25, -0.2) is 0 Å². The van der Waals surface area contributed by atoms with Crippen molar-refractivity contribution in [3.8, 4) is 0 Å². The quantitative estimate of drug-likeness (QED) is 0.202. The minimum Gasteiger partial charge on any atom is -0.333 e. The van der Waals surface area contributed by atoms with E-state index in [1.165, 1.54) is 0 Å². The summed E-state index contributed by atoms with van der Waals surface area (Å²) >= 11 is 6.94. The molecule has 0 aliphatic rings. The normalized spacial score (nSPS) is 10.6. The van der Waals surface area contributed by atoms with Crippen molar-refractivity contribution in [3.63, 3.8) is 0 Å². The Bertz CT molecular complexity index is 1210. The molecule has 0 fully saturated rings. The van der Waals surface area contributed by atoms with Crippen LogP contribution in [0.1, 0.15) is 31.8 Å². The first-order chi connectivity index (χ1) is 17.5. The van der Waals surface area contributed by atoms with Crippen LogP contribution in [-0.2, 0) is 13.1 Å². The Morgan fingerprint density at radius 1 is 0.528 bits per heavy atom. The topological polar surface area (TPSA) is 40.6 Å². The van der Waals surface area contributed by atoms with Crippen LogP contribution in [0.15, 0.2) is 118 Å². The van der Waals surface area contributed by atoms with E-state index in [2.05, 4.69) is 31.9 Å². The number of hydrogen-bond donors (Lipinski definition) is 0. The Hall–Kier alpha value is -3.22. The molecule has 0 heterocycles. The third-order valence-corrected chi connectivity index (χ3v) is 6.78. The maximum atomic E-state index is 13.6. The van der Waals surface area contributed by atoms with E-state index in [1.807, 2.05) is 119 Å². The number of benzene rings is 4. The number of carbonyl (C=O) groups excluding carboxylic acids is 2. The minimum atomic E-state index is -0.0743. The van der Waals surface area contributed by atoms with Gasteiger partial charge in [0.25, 0.3) is 11.8 Å².